The zero-order chi connectivity index (χ0) is 21.8. The molecule has 1 saturated carbocycles. The SMILES string of the molecule is CC(C)[C@H]1CC[C@H](C(=O)N[C@H](Cc2ccccc2)C(=O)O)CC1.CCCC(=O)O. The maximum atomic E-state index is 12.4. The van der Waals surface area contributed by atoms with Gasteiger partial charge in [-0.05, 0) is 49.5 Å². The summed E-state index contributed by atoms with van der Waals surface area (Å²) in [7, 11) is 0. The molecule has 0 spiro atoms. The smallest absolute Gasteiger partial charge is 0.326 e. The predicted molar refractivity (Wildman–Crippen MR) is 113 cm³/mol. The Hall–Kier alpha value is -2.37. The van der Waals surface area contributed by atoms with Gasteiger partial charge in [-0.15, -0.1) is 0 Å². The molecule has 162 valence electrons. The third kappa shape index (κ3) is 9.59. The van der Waals surface area contributed by atoms with Gasteiger partial charge in [-0.1, -0.05) is 51.1 Å². The minimum atomic E-state index is -0.974. The Morgan fingerprint density at radius 3 is 2.03 bits per heavy atom. The van der Waals surface area contributed by atoms with Crippen LogP contribution in [0, 0.1) is 17.8 Å². The van der Waals surface area contributed by atoms with Gasteiger partial charge < -0.3 is 15.5 Å². The van der Waals surface area contributed by atoms with Gasteiger partial charge in [-0.25, -0.2) is 4.79 Å². The summed E-state index contributed by atoms with van der Waals surface area (Å²) in [5, 5.41) is 20.0. The quantitative estimate of drug-likeness (QED) is 0.603. The topological polar surface area (TPSA) is 104 Å². The minimum absolute atomic E-state index is 0.0392. The molecule has 1 aliphatic rings. The number of amides is 1. The lowest BCUT2D eigenvalue weighted by Gasteiger charge is -2.30. The molecule has 29 heavy (non-hydrogen) atoms. The molecule has 1 fully saturated rings. The van der Waals surface area contributed by atoms with Gasteiger partial charge in [-0.3, -0.25) is 9.59 Å². The molecule has 0 aliphatic heterocycles. The van der Waals surface area contributed by atoms with Gasteiger partial charge in [0.15, 0.2) is 0 Å². The van der Waals surface area contributed by atoms with E-state index in [1.54, 1.807) is 0 Å². The summed E-state index contributed by atoms with van der Waals surface area (Å²) in [6.45, 7) is 6.30. The van der Waals surface area contributed by atoms with E-state index in [-0.39, 0.29) is 11.8 Å². The zero-order valence-electron chi connectivity index (χ0n) is 17.8. The third-order valence-corrected chi connectivity index (χ3v) is 5.45. The summed E-state index contributed by atoms with van der Waals surface area (Å²) < 4.78 is 0. The Kier molecular flexibility index (Phi) is 11.0. The molecule has 6 nitrogen and oxygen atoms in total. The van der Waals surface area contributed by atoms with Crippen molar-refractivity contribution in [2.45, 2.75) is 71.8 Å². The van der Waals surface area contributed by atoms with Crippen LogP contribution in [0.25, 0.3) is 0 Å². The van der Waals surface area contributed by atoms with E-state index < -0.39 is 18.0 Å². The van der Waals surface area contributed by atoms with E-state index in [2.05, 4.69) is 19.2 Å². The molecule has 3 N–H and O–H groups in total. The first kappa shape index (κ1) is 24.7. The van der Waals surface area contributed by atoms with Crippen LogP contribution in [0.3, 0.4) is 0 Å². The maximum Gasteiger partial charge on any atom is 0.326 e. The number of hydrogen-bond acceptors (Lipinski definition) is 3. The van der Waals surface area contributed by atoms with Gasteiger partial charge in [0.1, 0.15) is 6.04 Å². The first-order valence-corrected chi connectivity index (χ1v) is 10.5. The molecular weight excluding hydrogens is 370 g/mol. The number of carboxylic acid groups (broad SMARTS) is 2. The molecule has 2 rings (SSSR count). The molecule has 0 bridgehead atoms. The second-order valence-corrected chi connectivity index (χ2v) is 8.09. The molecule has 0 heterocycles. The van der Waals surface area contributed by atoms with Crippen LogP contribution in [0.1, 0.15) is 64.9 Å². The Bertz CT molecular complexity index is 636. The van der Waals surface area contributed by atoms with Gasteiger partial charge in [0.2, 0.25) is 5.91 Å². The summed E-state index contributed by atoms with van der Waals surface area (Å²) in [6, 6.07) is 8.57. The van der Waals surface area contributed by atoms with Crippen molar-refractivity contribution in [3.63, 3.8) is 0 Å². The summed E-state index contributed by atoms with van der Waals surface area (Å²) in [6.07, 6.45) is 5.20. The van der Waals surface area contributed by atoms with Crippen molar-refractivity contribution < 1.29 is 24.6 Å². The van der Waals surface area contributed by atoms with E-state index in [0.29, 0.717) is 24.7 Å². The highest BCUT2D eigenvalue weighted by Crippen LogP contribution is 2.33. The average Bonchev–Trinajstić information content (AvgIpc) is 2.68. The van der Waals surface area contributed by atoms with E-state index in [1.807, 2.05) is 37.3 Å². The maximum absolute atomic E-state index is 12.4. The predicted octanol–water partition coefficient (Wildman–Crippen LogP) is 4.13. The highest BCUT2D eigenvalue weighted by molar-refractivity contribution is 5.85. The van der Waals surface area contributed by atoms with E-state index in [4.69, 9.17) is 5.11 Å². The average molecular weight is 406 g/mol. The number of nitrogens with one attached hydrogen (secondary N) is 1. The van der Waals surface area contributed by atoms with Crippen molar-refractivity contribution >= 4 is 17.8 Å². The second kappa shape index (κ2) is 13.0. The zero-order valence-corrected chi connectivity index (χ0v) is 17.8. The number of aliphatic carboxylic acids is 2. The van der Waals surface area contributed by atoms with Crippen LogP contribution < -0.4 is 5.32 Å². The van der Waals surface area contributed by atoms with Crippen molar-refractivity contribution in [2.75, 3.05) is 0 Å². The summed E-state index contributed by atoms with van der Waals surface area (Å²) in [5.41, 5.74) is 0.920. The Balaban J connectivity index is 0.000000612. The number of carbonyl (C=O) groups excluding carboxylic acids is 1. The molecule has 1 atom stereocenters. The number of hydrogen-bond donors (Lipinski definition) is 3. The van der Waals surface area contributed by atoms with Crippen molar-refractivity contribution in [3.8, 4) is 0 Å². The molecule has 1 aliphatic carbocycles. The van der Waals surface area contributed by atoms with Crippen LogP contribution >= 0.6 is 0 Å². The molecule has 0 unspecified atom stereocenters. The summed E-state index contributed by atoms with van der Waals surface area (Å²) in [5.74, 6) is -0.476. The summed E-state index contributed by atoms with van der Waals surface area (Å²) in [4.78, 5) is 33.5. The molecule has 0 aromatic heterocycles. The Morgan fingerprint density at radius 1 is 1.03 bits per heavy atom. The number of rotatable bonds is 8. The van der Waals surface area contributed by atoms with Gasteiger partial charge in [0.05, 0.1) is 0 Å². The fourth-order valence-corrected chi connectivity index (χ4v) is 3.60. The molecule has 1 aromatic carbocycles. The van der Waals surface area contributed by atoms with Crippen LogP contribution in [-0.4, -0.2) is 34.1 Å². The molecular formula is C23H35NO5. The largest absolute Gasteiger partial charge is 0.481 e. The summed E-state index contributed by atoms with van der Waals surface area (Å²) >= 11 is 0. The molecule has 6 heteroatoms. The first-order valence-electron chi connectivity index (χ1n) is 10.5. The van der Waals surface area contributed by atoms with Crippen LogP contribution in [-0.2, 0) is 20.8 Å². The van der Waals surface area contributed by atoms with Crippen LogP contribution in [0.5, 0.6) is 0 Å². The Labute approximate surface area is 173 Å². The van der Waals surface area contributed by atoms with Crippen LogP contribution in [0.2, 0.25) is 0 Å². The van der Waals surface area contributed by atoms with E-state index in [0.717, 1.165) is 37.7 Å². The highest BCUT2D eigenvalue weighted by atomic mass is 16.4. The fraction of sp³-hybridized carbons (Fsp3) is 0.609. The van der Waals surface area contributed by atoms with E-state index in [9.17, 15) is 19.5 Å². The molecule has 1 amide bonds. The number of carbonyl (C=O) groups is 3. The highest BCUT2D eigenvalue weighted by Gasteiger charge is 2.30. The second-order valence-electron chi connectivity index (χ2n) is 8.09. The first-order chi connectivity index (χ1) is 13.7. The normalized spacial score (nSPS) is 19.6. The minimum Gasteiger partial charge on any atom is -0.481 e. The van der Waals surface area contributed by atoms with Crippen molar-refractivity contribution in [1.82, 2.24) is 5.32 Å². The lowest BCUT2D eigenvalue weighted by Crippen LogP contribution is -2.45. The van der Waals surface area contributed by atoms with Crippen molar-refractivity contribution in [1.29, 1.82) is 0 Å². The molecule has 0 saturated heterocycles. The third-order valence-electron chi connectivity index (χ3n) is 5.45. The van der Waals surface area contributed by atoms with E-state index in [1.165, 1.54) is 0 Å². The molecule has 1 aromatic rings. The standard InChI is InChI=1S/C19H27NO3.C4H8O2/c1-13(2)15-8-10-16(11-9-15)18(21)20-17(19(22)23)12-14-6-4-3-5-7-14;1-2-3-4(5)6/h3-7,13,15-17H,8-12H2,1-2H3,(H,20,21)(H,22,23);2-3H2,1H3,(H,5,6)/t15-,16-,17-;/m1./s1. The van der Waals surface area contributed by atoms with Crippen molar-refractivity contribution in [3.05, 3.63) is 35.9 Å². The van der Waals surface area contributed by atoms with E-state index >= 15 is 0 Å². The monoisotopic (exact) mass is 405 g/mol. The van der Waals surface area contributed by atoms with Gasteiger partial charge in [0, 0.05) is 18.8 Å². The number of carboxylic acids is 2. The van der Waals surface area contributed by atoms with Gasteiger partial charge >= 0.3 is 11.9 Å². The van der Waals surface area contributed by atoms with Crippen LogP contribution in [0.4, 0.5) is 0 Å². The molecule has 0 radical (unpaired) electrons. The number of benzene rings is 1. The lowest BCUT2D eigenvalue weighted by atomic mass is 9.76. The van der Waals surface area contributed by atoms with Gasteiger partial charge in [0.25, 0.3) is 0 Å². The lowest BCUT2D eigenvalue weighted by molar-refractivity contribution is -0.142. The Morgan fingerprint density at radius 2 is 1.62 bits per heavy atom. The fourth-order valence-electron chi connectivity index (χ4n) is 3.60. The van der Waals surface area contributed by atoms with Crippen molar-refractivity contribution in [2.24, 2.45) is 17.8 Å². The van der Waals surface area contributed by atoms with Crippen LogP contribution in [0.15, 0.2) is 30.3 Å². The van der Waals surface area contributed by atoms with Gasteiger partial charge in [-0.2, -0.15) is 0 Å².